The second kappa shape index (κ2) is 3.14. The monoisotopic (exact) mass is 200 g/mol. The molecular weight excluding hydrogens is 192 g/mol. The maximum Gasteiger partial charge on any atom is 0.352 e. The number of benzene rings is 1. The number of aromatic carboxylic acids is 1. The topological polar surface area (TPSA) is 76.9 Å². The van der Waals surface area contributed by atoms with Crippen LogP contribution in [-0.4, -0.2) is 16.1 Å². The van der Waals surface area contributed by atoms with Crippen LogP contribution in [-0.2, 0) is 0 Å². The van der Waals surface area contributed by atoms with Crippen LogP contribution in [0, 0.1) is 18.3 Å². The molecular formula is C11H8N2O2. The molecule has 2 N–H and O–H groups in total. The molecule has 1 heterocycles. The number of hydrogen-bond donors (Lipinski definition) is 2. The molecule has 15 heavy (non-hydrogen) atoms. The predicted molar refractivity (Wildman–Crippen MR) is 54.7 cm³/mol. The summed E-state index contributed by atoms with van der Waals surface area (Å²) in [5, 5.41) is 18.4. The highest BCUT2D eigenvalue weighted by Gasteiger charge is 2.13. The van der Waals surface area contributed by atoms with E-state index in [1.54, 1.807) is 25.1 Å². The van der Waals surface area contributed by atoms with Crippen LogP contribution in [0.3, 0.4) is 0 Å². The van der Waals surface area contributed by atoms with E-state index in [9.17, 15) is 4.79 Å². The van der Waals surface area contributed by atoms with Crippen LogP contribution < -0.4 is 0 Å². The van der Waals surface area contributed by atoms with E-state index in [1.165, 1.54) is 0 Å². The molecule has 0 bridgehead atoms. The Kier molecular flexibility index (Phi) is 1.94. The molecule has 0 saturated carbocycles. The van der Waals surface area contributed by atoms with Gasteiger partial charge in [-0.2, -0.15) is 5.26 Å². The molecule has 0 amide bonds. The van der Waals surface area contributed by atoms with Gasteiger partial charge < -0.3 is 10.1 Å². The number of fused-ring (bicyclic) bond motifs is 1. The lowest BCUT2D eigenvalue weighted by Gasteiger charge is -1.92. The van der Waals surface area contributed by atoms with Crippen LogP contribution in [0.4, 0.5) is 0 Å². The van der Waals surface area contributed by atoms with Crippen LogP contribution >= 0.6 is 0 Å². The first-order valence-corrected chi connectivity index (χ1v) is 4.39. The van der Waals surface area contributed by atoms with Crippen LogP contribution in [0.1, 0.15) is 21.6 Å². The smallest absolute Gasteiger partial charge is 0.352 e. The van der Waals surface area contributed by atoms with E-state index < -0.39 is 5.97 Å². The van der Waals surface area contributed by atoms with Crippen molar-refractivity contribution in [2.45, 2.75) is 6.92 Å². The molecule has 0 aliphatic carbocycles. The highest BCUT2D eigenvalue weighted by Crippen LogP contribution is 2.22. The highest BCUT2D eigenvalue weighted by molar-refractivity contribution is 5.97. The van der Waals surface area contributed by atoms with Gasteiger partial charge in [0.05, 0.1) is 11.6 Å². The van der Waals surface area contributed by atoms with Gasteiger partial charge in [0, 0.05) is 10.9 Å². The first-order chi connectivity index (χ1) is 7.13. The van der Waals surface area contributed by atoms with E-state index in [0.717, 1.165) is 10.9 Å². The van der Waals surface area contributed by atoms with Gasteiger partial charge in [-0.05, 0) is 30.7 Å². The number of aryl methyl sites for hydroxylation is 1. The third-order valence-corrected chi connectivity index (χ3v) is 2.40. The summed E-state index contributed by atoms with van der Waals surface area (Å²) in [5.74, 6) is -0.984. The van der Waals surface area contributed by atoms with E-state index in [2.05, 4.69) is 4.98 Å². The molecule has 0 aliphatic rings. The van der Waals surface area contributed by atoms with E-state index >= 15 is 0 Å². The predicted octanol–water partition coefficient (Wildman–Crippen LogP) is 2.05. The molecule has 0 spiro atoms. The van der Waals surface area contributed by atoms with Gasteiger partial charge in [-0.1, -0.05) is 0 Å². The Balaban J connectivity index is 2.79. The SMILES string of the molecule is Cc1c(C(=O)O)[nH]c2ccc(C#N)cc12. The summed E-state index contributed by atoms with van der Waals surface area (Å²) in [6.45, 7) is 1.73. The Bertz CT molecular complexity index is 590. The summed E-state index contributed by atoms with van der Waals surface area (Å²) >= 11 is 0. The normalized spacial score (nSPS) is 10.1. The molecule has 2 aromatic rings. The van der Waals surface area contributed by atoms with Gasteiger partial charge in [-0.25, -0.2) is 4.79 Å². The molecule has 0 atom stereocenters. The third kappa shape index (κ3) is 1.34. The number of rotatable bonds is 1. The Labute approximate surface area is 85.8 Å². The fraction of sp³-hybridized carbons (Fsp3) is 0.0909. The lowest BCUT2D eigenvalue weighted by atomic mass is 10.1. The molecule has 2 rings (SSSR count). The summed E-state index contributed by atoms with van der Waals surface area (Å²) in [6, 6.07) is 7.08. The van der Waals surface area contributed by atoms with Crippen molar-refractivity contribution in [3.05, 3.63) is 35.0 Å². The molecule has 0 radical (unpaired) electrons. The summed E-state index contributed by atoms with van der Waals surface area (Å²) in [7, 11) is 0. The molecule has 4 nitrogen and oxygen atoms in total. The van der Waals surface area contributed by atoms with Crippen molar-refractivity contribution in [3.8, 4) is 6.07 Å². The van der Waals surface area contributed by atoms with E-state index in [1.807, 2.05) is 6.07 Å². The van der Waals surface area contributed by atoms with Crippen molar-refractivity contribution < 1.29 is 9.90 Å². The summed E-state index contributed by atoms with van der Waals surface area (Å²) in [6.07, 6.45) is 0. The van der Waals surface area contributed by atoms with Crippen molar-refractivity contribution in [2.75, 3.05) is 0 Å². The fourth-order valence-electron chi connectivity index (χ4n) is 1.61. The number of hydrogen-bond acceptors (Lipinski definition) is 2. The van der Waals surface area contributed by atoms with E-state index in [4.69, 9.17) is 10.4 Å². The maximum atomic E-state index is 10.8. The van der Waals surface area contributed by atoms with Gasteiger partial charge in [-0.15, -0.1) is 0 Å². The second-order valence-corrected chi connectivity index (χ2v) is 3.30. The van der Waals surface area contributed by atoms with Crippen molar-refractivity contribution in [2.24, 2.45) is 0 Å². The number of aromatic nitrogens is 1. The fourth-order valence-corrected chi connectivity index (χ4v) is 1.61. The van der Waals surface area contributed by atoms with Crippen LogP contribution in [0.5, 0.6) is 0 Å². The van der Waals surface area contributed by atoms with Crippen molar-refractivity contribution >= 4 is 16.9 Å². The number of H-pyrrole nitrogens is 1. The standard InChI is InChI=1S/C11H8N2O2/c1-6-8-4-7(5-12)2-3-9(8)13-10(6)11(14)15/h2-4,13H,1H3,(H,14,15). The average Bonchev–Trinajstić information content (AvgIpc) is 2.56. The third-order valence-electron chi connectivity index (χ3n) is 2.40. The highest BCUT2D eigenvalue weighted by atomic mass is 16.4. The minimum Gasteiger partial charge on any atom is -0.477 e. The number of carbonyl (C=O) groups is 1. The minimum atomic E-state index is -0.984. The van der Waals surface area contributed by atoms with Crippen molar-refractivity contribution in [3.63, 3.8) is 0 Å². The number of aromatic amines is 1. The number of carboxylic acid groups (broad SMARTS) is 1. The first kappa shape index (κ1) is 9.28. The van der Waals surface area contributed by atoms with Gasteiger partial charge in [0.2, 0.25) is 0 Å². The van der Waals surface area contributed by atoms with Gasteiger partial charge in [0.1, 0.15) is 5.69 Å². The molecule has 74 valence electrons. The average molecular weight is 200 g/mol. The van der Waals surface area contributed by atoms with Crippen LogP contribution in [0.25, 0.3) is 10.9 Å². The molecule has 4 heteroatoms. The first-order valence-electron chi connectivity index (χ1n) is 4.39. The zero-order chi connectivity index (χ0) is 11.0. The van der Waals surface area contributed by atoms with Crippen molar-refractivity contribution in [1.29, 1.82) is 5.26 Å². The summed E-state index contributed by atoms with van der Waals surface area (Å²) < 4.78 is 0. The Morgan fingerprint density at radius 1 is 1.53 bits per heavy atom. The Morgan fingerprint density at radius 2 is 2.27 bits per heavy atom. The second-order valence-electron chi connectivity index (χ2n) is 3.30. The van der Waals surface area contributed by atoms with Crippen molar-refractivity contribution in [1.82, 2.24) is 4.98 Å². The lowest BCUT2D eigenvalue weighted by Crippen LogP contribution is -1.97. The summed E-state index contributed by atoms with van der Waals surface area (Å²) in [4.78, 5) is 13.7. The van der Waals surface area contributed by atoms with Gasteiger partial charge >= 0.3 is 5.97 Å². The Hall–Kier alpha value is -2.28. The number of carboxylic acids is 1. The molecule has 0 aliphatic heterocycles. The number of nitriles is 1. The minimum absolute atomic E-state index is 0.181. The quantitative estimate of drug-likeness (QED) is 0.739. The summed E-state index contributed by atoms with van der Waals surface area (Å²) in [5.41, 5.74) is 2.11. The van der Waals surface area contributed by atoms with Crippen LogP contribution in [0.15, 0.2) is 18.2 Å². The zero-order valence-corrected chi connectivity index (χ0v) is 8.03. The zero-order valence-electron chi connectivity index (χ0n) is 8.03. The molecule has 0 fully saturated rings. The molecule has 0 saturated heterocycles. The van der Waals surface area contributed by atoms with E-state index in [0.29, 0.717) is 11.1 Å². The van der Waals surface area contributed by atoms with Crippen LogP contribution in [0.2, 0.25) is 0 Å². The van der Waals surface area contributed by atoms with E-state index in [-0.39, 0.29) is 5.69 Å². The molecule has 1 aromatic heterocycles. The van der Waals surface area contributed by atoms with Gasteiger partial charge in [-0.3, -0.25) is 0 Å². The molecule has 0 unspecified atom stereocenters. The van der Waals surface area contributed by atoms with Gasteiger partial charge in [0.15, 0.2) is 0 Å². The number of nitrogens with zero attached hydrogens (tertiary/aromatic N) is 1. The maximum absolute atomic E-state index is 10.8. The largest absolute Gasteiger partial charge is 0.477 e. The Morgan fingerprint density at radius 3 is 2.87 bits per heavy atom. The molecule has 1 aromatic carbocycles. The van der Waals surface area contributed by atoms with Gasteiger partial charge in [0.25, 0.3) is 0 Å². The number of nitrogens with one attached hydrogen (secondary N) is 1. The lowest BCUT2D eigenvalue weighted by molar-refractivity contribution is 0.0691.